The average molecular weight is 336 g/mol. The molecule has 0 aliphatic carbocycles. The summed E-state index contributed by atoms with van der Waals surface area (Å²) < 4.78 is 1.03. The van der Waals surface area contributed by atoms with Gasteiger partial charge in [-0.2, -0.15) is 0 Å². The first-order valence-corrected chi connectivity index (χ1v) is 7.34. The van der Waals surface area contributed by atoms with Gasteiger partial charge in [0.15, 0.2) is 0 Å². The molecule has 20 heavy (non-hydrogen) atoms. The summed E-state index contributed by atoms with van der Waals surface area (Å²) in [4.78, 5) is 21.3. The number of hydrogen-bond donors (Lipinski definition) is 1. The van der Waals surface area contributed by atoms with Gasteiger partial charge in [-0.05, 0) is 24.1 Å². The van der Waals surface area contributed by atoms with Crippen LogP contribution in [-0.4, -0.2) is 24.1 Å². The predicted octanol–water partition coefficient (Wildman–Crippen LogP) is 2.75. The van der Waals surface area contributed by atoms with E-state index in [1.165, 1.54) is 0 Å². The van der Waals surface area contributed by atoms with E-state index in [4.69, 9.17) is 0 Å². The molecule has 0 spiro atoms. The highest BCUT2D eigenvalue weighted by atomic mass is 79.9. The smallest absolute Gasteiger partial charge is 0.255 e. The topological polar surface area (TPSA) is 49.0 Å². The molecule has 0 saturated heterocycles. The second-order valence-corrected chi connectivity index (χ2v) is 5.79. The van der Waals surface area contributed by atoms with Crippen LogP contribution < -0.4 is 10.5 Å². The van der Waals surface area contributed by atoms with Gasteiger partial charge in [0.1, 0.15) is 0 Å². The van der Waals surface area contributed by atoms with Gasteiger partial charge < -0.3 is 4.90 Å². The van der Waals surface area contributed by atoms with Crippen molar-refractivity contribution in [1.82, 2.24) is 9.97 Å². The Bertz CT molecular complexity index is 664. The van der Waals surface area contributed by atoms with Crippen LogP contribution in [0.3, 0.4) is 0 Å². The lowest BCUT2D eigenvalue weighted by Gasteiger charge is -2.14. The van der Waals surface area contributed by atoms with Crippen LogP contribution in [-0.2, 0) is 12.8 Å². The minimum Gasteiger partial charge on any atom is -0.348 e. The highest BCUT2D eigenvalue weighted by Crippen LogP contribution is 2.16. The Balaban J connectivity index is 2.46. The summed E-state index contributed by atoms with van der Waals surface area (Å²) in [6.07, 6.45) is 1.34. The standard InChI is InChI=1S/C15H18BrN3O/c1-4-12-13(9-10-6-5-7-11(16)8-10)17-15(19(2)3)18-14(12)20/h5-8H,4,9H2,1-3H3,(H,17,18,20). The van der Waals surface area contributed by atoms with E-state index in [2.05, 4.69) is 32.0 Å². The number of hydrogen-bond acceptors (Lipinski definition) is 3. The zero-order valence-corrected chi connectivity index (χ0v) is 13.5. The summed E-state index contributed by atoms with van der Waals surface area (Å²) in [7, 11) is 3.74. The van der Waals surface area contributed by atoms with Gasteiger partial charge in [-0.3, -0.25) is 9.78 Å². The third-order valence-electron chi connectivity index (χ3n) is 3.13. The van der Waals surface area contributed by atoms with Crippen LogP contribution in [0.1, 0.15) is 23.7 Å². The van der Waals surface area contributed by atoms with Gasteiger partial charge in [-0.25, -0.2) is 4.98 Å². The molecule has 1 aromatic heterocycles. The van der Waals surface area contributed by atoms with Gasteiger partial charge in [-0.1, -0.05) is 35.0 Å². The monoisotopic (exact) mass is 335 g/mol. The summed E-state index contributed by atoms with van der Waals surface area (Å²) in [6, 6.07) is 8.08. The Morgan fingerprint density at radius 2 is 2.10 bits per heavy atom. The van der Waals surface area contributed by atoms with Crippen molar-refractivity contribution in [2.24, 2.45) is 0 Å². The lowest BCUT2D eigenvalue weighted by atomic mass is 10.0. The van der Waals surface area contributed by atoms with E-state index in [9.17, 15) is 4.79 Å². The largest absolute Gasteiger partial charge is 0.348 e. The third-order valence-corrected chi connectivity index (χ3v) is 3.62. The van der Waals surface area contributed by atoms with Crippen LogP contribution >= 0.6 is 15.9 Å². The molecule has 0 atom stereocenters. The molecule has 1 heterocycles. The minimum absolute atomic E-state index is 0.0452. The number of nitrogens with zero attached hydrogens (tertiary/aromatic N) is 2. The summed E-state index contributed by atoms with van der Waals surface area (Å²) in [5, 5.41) is 0. The summed E-state index contributed by atoms with van der Waals surface area (Å²) >= 11 is 3.47. The molecular weight excluding hydrogens is 318 g/mol. The molecule has 0 aliphatic heterocycles. The van der Waals surface area contributed by atoms with Gasteiger partial charge >= 0.3 is 0 Å². The molecule has 5 heteroatoms. The molecule has 0 bridgehead atoms. The number of benzene rings is 1. The fourth-order valence-electron chi connectivity index (χ4n) is 2.09. The second-order valence-electron chi connectivity index (χ2n) is 4.87. The lowest BCUT2D eigenvalue weighted by Crippen LogP contribution is -2.23. The van der Waals surface area contributed by atoms with Gasteiger partial charge in [0.2, 0.25) is 5.95 Å². The van der Waals surface area contributed by atoms with Crippen LogP contribution in [0.15, 0.2) is 33.5 Å². The highest BCUT2D eigenvalue weighted by Gasteiger charge is 2.11. The van der Waals surface area contributed by atoms with Crippen molar-refractivity contribution in [3.63, 3.8) is 0 Å². The van der Waals surface area contributed by atoms with Crippen LogP contribution in [0.4, 0.5) is 5.95 Å². The summed E-state index contributed by atoms with van der Waals surface area (Å²) in [6.45, 7) is 1.98. The zero-order chi connectivity index (χ0) is 14.7. The molecule has 0 aliphatic rings. The van der Waals surface area contributed by atoms with Gasteiger partial charge in [0.05, 0.1) is 5.69 Å². The fraction of sp³-hybridized carbons (Fsp3) is 0.333. The number of rotatable bonds is 4. The molecule has 0 saturated carbocycles. The molecule has 2 aromatic rings. The number of nitrogens with one attached hydrogen (secondary N) is 1. The number of halogens is 1. The molecule has 0 radical (unpaired) electrons. The third kappa shape index (κ3) is 3.28. The molecule has 0 fully saturated rings. The van der Waals surface area contributed by atoms with E-state index in [1.54, 1.807) is 0 Å². The van der Waals surface area contributed by atoms with E-state index < -0.39 is 0 Å². The van der Waals surface area contributed by atoms with Crippen LogP contribution in [0, 0.1) is 0 Å². The number of aromatic nitrogens is 2. The van der Waals surface area contributed by atoms with E-state index in [0.29, 0.717) is 18.8 Å². The van der Waals surface area contributed by atoms with Crippen molar-refractivity contribution in [2.75, 3.05) is 19.0 Å². The van der Waals surface area contributed by atoms with Gasteiger partial charge in [0, 0.05) is 30.6 Å². The van der Waals surface area contributed by atoms with Crippen LogP contribution in [0.25, 0.3) is 0 Å². The van der Waals surface area contributed by atoms with E-state index in [1.807, 2.05) is 44.1 Å². The van der Waals surface area contributed by atoms with E-state index >= 15 is 0 Å². The lowest BCUT2D eigenvalue weighted by molar-refractivity contribution is 0.888. The maximum Gasteiger partial charge on any atom is 0.255 e. The van der Waals surface area contributed by atoms with Crippen molar-refractivity contribution in [3.05, 3.63) is 55.9 Å². The molecule has 2 rings (SSSR count). The van der Waals surface area contributed by atoms with Crippen molar-refractivity contribution >= 4 is 21.9 Å². The van der Waals surface area contributed by atoms with Crippen LogP contribution in [0.5, 0.6) is 0 Å². The molecular formula is C15H18BrN3O. The molecule has 4 nitrogen and oxygen atoms in total. The Morgan fingerprint density at radius 3 is 2.70 bits per heavy atom. The first kappa shape index (κ1) is 14.8. The molecule has 1 aromatic carbocycles. The van der Waals surface area contributed by atoms with E-state index in [0.717, 1.165) is 21.3 Å². The molecule has 106 valence electrons. The fourth-order valence-corrected chi connectivity index (χ4v) is 2.54. The number of anilines is 1. The van der Waals surface area contributed by atoms with Crippen molar-refractivity contribution < 1.29 is 0 Å². The Hall–Kier alpha value is -1.62. The van der Waals surface area contributed by atoms with Crippen LogP contribution in [0.2, 0.25) is 0 Å². The van der Waals surface area contributed by atoms with Gasteiger partial charge in [0.25, 0.3) is 5.56 Å². The number of H-pyrrole nitrogens is 1. The van der Waals surface area contributed by atoms with Crippen molar-refractivity contribution in [1.29, 1.82) is 0 Å². The average Bonchev–Trinajstić information content (AvgIpc) is 2.38. The maximum atomic E-state index is 12.1. The summed E-state index contributed by atoms with van der Waals surface area (Å²) in [5.74, 6) is 0.595. The molecule has 1 N–H and O–H groups in total. The molecule has 0 unspecified atom stereocenters. The SMILES string of the molecule is CCc1c(Cc2cccc(Br)c2)nc(N(C)C)[nH]c1=O. The van der Waals surface area contributed by atoms with E-state index in [-0.39, 0.29) is 5.56 Å². The Morgan fingerprint density at radius 1 is 1.35 bits per heavy atom. The van der Waals surface area contributed by atoms with Crippen molar-refractivity contribution in [2.45, 2.75) is 19.8 Å². The summed E-state index contributed by atoms with van der Waals surface area (Å²) in [5.41, 5.74) is 2.70. The normalized spacial score (nSPS) is 10.6. The first-order valence-electron chi connectivity index (χ1n) is 6.55. The molecule has 0 amide bonds. The highest BCUT2D eigenvalue weighted by molar-refractivity contribution is 9.10. The van der Waals surface area contributed by atoms with Crippen molar-refractivity contribution in [3.8, 4) is 0 Å². The quantitative estimate of drug-likeness (QED) is 0.934. The minimum atomic E-state index is -0.0452. The number of aromatic amines is 1. The Labute approximate surface area is 127 Å². The maximum absolute atomic E-state index is 12.1. The Kier molecular flexibility index (Phi) is 4.60. The predicted molar refractivity (Wildman–Crippen MR) is 85.5 cm³/mol. The zero-order valence-electron chi connectivity index (χ0n) is 11.9. The first-order chi connectivity index (χ1) is 9.51. The second kappa shape index (κ2) is 6.22. The van der Waals surface area contributed by atoms with Gasteiger partial charge in [-0.15, -0.1) is 0 Å².